The summed E-state index contributed by atoms with van der Waals surface area (Å²) in [5.41, 5.74) is 0. The third-order valence-electron chi connectivity index (χ3n) is 4.49. The van der Waals surface area contributed by atoms with Gasteiger partial charge in [0, 0.05) is 0 Å². The quantitative estimate of drug-likeness (QED) is 0.146. The maximum Gasteiger partial charge on any atom is 0.474 e. The Morgan fingerprint density at radius 2 is 0.731 bits per heavy atom. The number of hydrogen-bond donors (Lipinski definition) is 0. The molecule has 0 N–H and O–H groups in total. The fourth-order valence-corrected chi connectivity index (χ4v) is 4.04. The first-order valence-electron chi connectivity index (χ1n) is 11.2. The van der Waals surface area contributed by atoms with Crippen LogP contribution in [0.25, 0.3) is 0 Å². The van der Waals surface area contributed by atoms with Crippen molar-refractivity contribution in [1.29, 1.82) is 0 Å². The van der Waals surface area contributed by atoms with Crippen LogP contribution in [0.5, 0.6) is 0 Å². The van der Waals surface area contributed by atoms with Gasteiger partial charge in [0.15, 0.2) is 0 Å². The van der Waals surface area contributed by atoms with Crippen LogP contribution >= 0.6 is 7.82 Å². The molecule has 0 radical (unpaired) electrons. The van der Waals surface area contributed by atoms with E-state index in [1.165, 1.54) is 57.8 Å². The Bertz CT molecular complexity index is 305. The van der Waals surface area contributed by atoms with Gasteiger partial charge < -0.3 is 0 Å². The molecule has 0 aliphatic heterocycles. The van der Waals surface area contributed by atoms with Gasteiger partial charge in [0.1, 0.15) is 0 Å². The lowest BCUT2D eigenvalue weighted by molar-refractivity contribution is 0.108. The smallest absolute Gasteiger partial charge is 0.287 e. The number of hydrogen-bond acceptors (Lipinski definition) is 4. The molecule has 0 unspecified atom stereocenters. The summed E-state index contributed by atoms with van der Waals surface area (Å²) in [6.07, 6.45) is 17.2. The molecule has 0 amide bonds. The van der Waals surface area contributed by atoms with Gasteiger partial charge in [-0.3, -0.25) is 13.6 Å². The van der Waals surface area contributed by atoms with Gasteiger partial charge in [-0.15, -0.1) is 0 Å². The van der Waals surface area contributed by atoms with Gasteiger partial charge in [-0.2, -0.15) is 0 Å². The minimum absolute atomic E-state index is 0.462. The predicted octanol–water partition coefficient (Wildman–Crippen LogP) is 8.06. The molecular formula is C21H45O4P. The second kappa shape index (κ2) is 19.9. The van der Waals surface area contributed by atoms with E-state index in [1.807, 2.05) is 0 Å². The summed E-state index contributed by atoms with van der Waals surface area (Å²) in [6.45, 7) is 7.98. The van der Waals surface area contributed by atoms with Crippen LogP contribution in [-0.4, -0.2) is 19.8 Å². The molecule has 0 saturated heterocycles. The van der Waals surface area contributed by atoms with Crippen LogP contribution in [0.2, 0.25) is 0 Å². The molecule has 0 rings (SSSR count). The molecule has 0 aromatic heterocycles. The lowest BCUT2D eigenvalue weighted by Gasteiger charge is -2.18. The fraction of sp³-hybridized carbons (Fsp3) is 1.00. The average Bonchev–Trinajstić information content (AvgIpc) is 2.64. The molecule has 158 valence electrons. The van der Waals surface area contributed by atoms with Crippen molar-refractivity contribution in [2.45, 2.75) is 117 Å². The highest BCUT2D eigenvalue weighted by molar-refractivity contribution is 7.48. The normalized spacial score (nSPS) is 12.0. The molecule has 0 aromatic carbocycles. The van der Waals surface area contributed by atoms with Crippen LogP contribution in [0.3, 0.4) is 0 Å². The molecule has 0 bridgehead atoms. The zero-order valence-corrected chi connectivity index (χ0v) is 18.7. The van der Waals surface area contributed by atoms with Crippen LogP contribution < -0.4 is 0 Å². The summed E-state index contributed by atoms with van der Waals surface area (Å²) >= 11 is 0. The SMILES string of the molecule is CCCCCCCCCOP(=O)(OCCCCCC)OCCCCCC. The fourth-order valence-electron chi connectivity index (χ4n) is 2.76. The van der Waals surface area contributed by atoms with E-state index in [-0.39, 0.29) is 0 Å². The molecule has 0 aromatic rings. The number of unbranched alkanes of at least 4 members (excludes halogenated alkanes) is 12. The van der Waals surface area contributed by atoms with Gasteiger partial charge >= 0.3 is 7.82 Å². The van der Waals surface area contributed by atoms with E-state index < -0.39 is 7.82 Å². The lowest BCUT2D eigenvalue weighted by atomic mass is 10.1. The maximum absolute atomic E-state index is 12.8. The molecule has 0 spiro atoms. The van der Waals surface area contributed by atoms with E-state index >= 15 is 0 Å². The topological polar surface area (TPSA) is 44.8 Å². The minimum Gasteiger partial charge on any atom is -0.287 e. The molecule has 0 aliphatic rings. The first-order valence-corrected chi connectivity index (χ1v) is 12.7. The second-order valence-corrected chi connectivity index (χ2v) is 8.86. The van der Waals surface area contributed by atoms with E-state index in [9.17, 15) is 4.57 Å². The minimum atomic E-state index is -3.38. The highest BCUT2D eigenvalue weighted by Gasteiger charge is 2.26. The molecule has 0 atom stereocenters. The lowest BCUT2D eigenvalue weighted by Crippen LogP contribution is -2.04. The van der Waals surface area contributed by atoms with Crippen LogP contribution in [0, 0.1) is 0 Å². The molecule has 5 heteroatoms. The summed E-state index contributed by atoms with van der Waals surface area (Å²) < 4.78 is 29.5. The first kappa shape index (κ1) is 26.1. The van der Waals surface area contributed by atoms with E-state index in [0.717, 1.165) is 38.5 Å². The Labute approximate surface area is 163 Å². The third kappa shape index (κ3) is 17.5. The largest absolute Gasteiger partial charge is 0.474 e. The highest BCUT2D eigenvalue weighted by Crippen LogP contribution is 2.50. The number of phosphoric ester groups is 1. The Morgan fingerprint density at radius 1 is 0.462 bits per heavy atom. The van der Waals surface area contributed by atoms with Crippen LogP contribution in [0.4, 0.5) is 0 Å². The summed E-state index contributed by atoms with van der Waals surface area (Å²) in [6, 6.07) is 0. The Kier molecular flexibility index (Phi) is 19.9. The van der Waals surface area contributed by atoms with Crippen molar-refractivity contribution >= 4 is 7.82 Å². The third-order valence-corrected chi connectivity index (χ3v) is 5.99. The van der Waals surface area contributed by atoms with Gasteiger partial charge in [-0.25, -0.2) is 4.57 Å². The first-order chi connectivity index (χ1) is 12.7. The van der Waals surface area contributed by atoms with E-state index in [0.29, 0.717) is 19.8 Å². The van der Waals surface area contributed by atoms with Crippen molar-refractivity contribution in [3.05, 3.63) is 0 Å². The molecule has 0 fully saturated rings. The highest BCUT2D eigenvalue weighted by atomic mass is 31.2. The van der Waals surface area contributed by atoms with Crippen molar-refractivity contribution in [3.63, 3.8) is 0 Å². The Balaban J connectivity index is 3.99. The Hall–Kier alpha value is 0.110. The standard InChI is InChI=1S/C21H45O4P/c1-4-7-10-13-14-15-18-21-25-26(22,23-19-16-11-8-5-2)24-20-17-12-9-6-3/h4-21H2,1-3H3. The molecule has 0 saturated carbocycles. The summed E-state index contributed by atoms with van der Waals surface area (Å²) in [5.74, 6) is 0. The molecule has 4 nitrogen and oxygen atoms in total. The van der Waals surface area contributed by atoms with Crippen molar-refractivity contribution < 1.29 is 18.1 Å². The summed E-state index contributed by atoms with van der Waals surface area (Å²) in [4.78, 5) is 0. The molecular weight excluding hydrogens is 347 g/mol. The van der Waals surface area contributed by atoms with Gasteiger partial charge in [-0.05, 0) is 19.3 Å². The van der Waals surface area contributed by atoms with Crippen LogP contribution in [-0.2, 0) is 18.1 Å². The second-order valence-electron chi connectivity index (χ2n) is 7.19. The van der Waals surface area contributed by atoms with Gasteiger partial charge in [0.2, 0.25) is 0 Å². The zero-order valence-electron chi connectivity index (χ0n) is 17.8. The van der Waals surface area contributed by atoms with E-state index in [4.69, 9.17) is 13.6 Å². The average molecular weight is 393 g/mol. The molecule has 0 aliphatic carbocycles. The summed E-state index contributed by atoms with van der Waals surface area (Å²) in [5, 5.41) is 0. The number of rotatable bonds is 21. The summed E-state index contributed by atoms with van der Waals surface area (Å²) in [7, 11) is -3.38. The van der Waals surface area contributed by atoms with Crippen molar-refractivity contribution in [2.24, 2.45) is 0 Å². The molecule has 0 heterocycles. The van der Waals surface area contributed by atoms with E-state index in [1.54, 1.807) is 0 Å². The molecule has 26 heavy (non-hydrogen) atoms. The van der Waals surface area contributed by atoms with Crippen LogP contribution in [0.1, 0.15) is 117 Å². The van der Waals surface area contributed by atoms with Crippen molar-refractivity contribution in [2.75, 3.05) is 19.8 Å². The maximum atomic E-state index is 12.8. The van der Waals surface area contributed by atoms with Crippen molar-refractivity contribution in [3.8, 4) is 0 Å². The zero-order chi connectivity index (χ0) is 19.3. The Morgan fingerprint density at radius 3 is 1.08 bits per heavy atom. The van der Waals surface area contributed by atoms with Crippen molar-refractivity contribution in [1.82, 2.24) is 0 Å². The number of phosphoric acid groups is 1. The van der Waals surface area contributed by atoms with Crippen LogP contribution in [0.15, 0.2) is 0 Å². The van der Waals surface area contributed by atoms with Gasteiger partial charge in [0.05, 0.1) is 19.8 Å². The van der Waals surface area contributed by atoms with Gasteiger partial charge in [-0.1, -0.05) is 97.8 Å². The van der Waals surface area contributed by atoms with Gasteiger partial charge in [0.25, 0.3) is 0 Å². The predicted molar refractivity (Wildman–Crippen MR) is 112 cm³/mol. The van der Waals surface area contributed by atoms with E-state index in [2.05, 4.69) is 20.8 Å². The monoisotopic (exact) mass is 392 g/mol.